The fourth-order valence-corrected chi connectivity index (χ4v) is 4.95. The number of amides is 1. The van der Waals surface area contributed by atoms with Crippen molar-refractivity contribution < 1.29 is 13.2 Å². The average Bonchev–Trinajstić information content (AvgIpc) is 2.96. The van der Waals surface area contributed by atoms with Gasteiger partial charge in [-0.05, 0) is 24.5 Å². The molecule has 1 fully saturated rings. The SMILES string of the molecule is CC(NC(=O)[C@H]1CCS(=O)(=O)C1)(c1ccccc1)c1ccccc1. The lowest BCUT2D eigenvalue weighted by Gasteiger charge is -2.33. The van der Waals surface area contributed by atoms with E-state index in [1.807, 2.05) is 67.6 Å². The summed E-state index contributed by atoms with van der Waals surface area (Å²) in [5.74, 6) is -0.634. The lowest BCUT2D eigenvalue weighted by atomic mass is 9.84. The second kappa shape index (κ2) is 6.40. The van der Waals surface area contributed by atoms with Crippen LogP contribution in [0.15, 0.2) is 60.7 Å². The summed E-state index contributed by atoms with van der Waals surface area (Å²) in [5.41, 5.74) is 1.22. The van der Waals surface area contributed by atoms with Crippen molar-refractivity contribution >= 4 is 15.7 Å². The highest BCUT2D eigenvalue weighted by Crippen LogP contribution is 2.30. The lowest BCUT2D eigenvalue weighted by molar-refractivity contribution is -0.125. The van der Waals surface area contributed by atoms with Gasteiger partial charge in [-0.2, -0.15) is 0 Å². The van der Waals surface area contributed by atoms with E-state index in [4.69, 9.17) is 0 Å². The number of benzene rings is 2. The van der Waals surface area contributed by atoms with Gasteiger partial charge in [-0.25, -0.2) is 8.42 Å². The molecule has 1 aliphatic rings. The standard InChI is InChI=1S/C19H21NO3S/c1-19(16-8-4-2-5-9-16,17-10-6-3-7-11-17)20-18(21)15-12-13-24(22,23)14-15/h2-11,15H,12-14H2,1H3,(H,20,21)/t15-/m0/s1. The van der Waals surface area contributed by atoms with Gasteiger partial charge in [-0.15, -0.1) is 0 Å². The Labute approximate surface area is 142 Å². The first-order chi connectivity index (χ1) is 11.4. The van der Waals surface area contributed by atoms with Crippen LogP contribution in [0.5, 0.6) is 0 Å². The number of hydrogen-bond donors (Lipinski definition) is 1. The van der Waals surface area contributed by atoms with E-state index in [1.165, 1.54) is 0 Å². The molecular formula is C19H21NO3S. The van der Waals surface area contributed by atoms with Gasteiger partial charge in [0.15, 0.2) is 9.84 Å². The fourth-order valence-electron chi connectivity index (χ4n) is 3.20. The van der Waals surface area contributed by atoms with Crippen molar-refractivity contribution in [3.8, 4) is 0 Å². The first kappa shape index (κ1) is 16.7. The van der Waals surface area contributed by atoms with Crippen molar-refractivity contribution in [1.29, 1.82) is 0 Å². The molecule has 2 aromatic carbocycles. The molecule has 1 saturated heterocycles. The monoisotopic (exact) mass is 343 g/mol. The Kier molecular flexibility index (Phi) is 4.45. The summed E-state index contributed by atoms with van der Waals surface area (Å²) in [4.78, 5) is 12.7. The van der Waals surface area contributed by atoms with Crippen molar-refractivity contribution in [1.82, 2.24) is 5.32 Å². The van der Waals surface area contributed by atoms with E-state index in [-0.39, 0.29) is 17.4 Å². The predicted molar refractivity (Wildman–Crippen MR) is 94.2 cm³/mol. The van der Waals surface area contributed by atoms with E-state index in [0.717, 1.165) is 11.1 Å². The zero-order valence-electron chi connectivity index (χ0n) is 13.6. The van der Waals surface area contributed by atoms with Gasteiger partial charge in [0, 0.05) is 0 Å². The number of sulfone groups is 1. The molecule has 5 heteroatoms. The molecule has 126 valence electrons. The van der Waals surface area contributed by atoms with Crippen LogP contribution in [0.1, 0.15) is 24.5 Å². The summed E-state index contributed by atoms with van der Waals surface area (Å²) in [6.45, 7) is 1.96. The van der Waals surface area contributed by atoms with E-state index < -0.39 is 21.3 Å². The zero-order chi connectivity index (χ0) is 17.2. The first-order valence-electron chi connectivity index (χ1n) is 8.04. The Morgan fingerprint density at radius 3 is 1.92 bits per heavy atom. The lowest BCUT2D eigenvalue weighted by Crippen LogP contribution is -2.47. The zero-order valence-corrected chi connectivity index (χ0v) is 14.4. The van der Waals surface area contributed by atoms with Crippen LogP contribution < -0.4 is 5.32 Å². The van der Waals surface area contributed by atoms with Gasteiger partial charge in [0.2, 0.25) is 5.91 Å². The molecule has 24 heavy (non-hydrogen) atoms. The molecule has 1 atom stereocenters. The molecule has 0 unspecified atom stereocenters. The largest absolute Gasteiger partial charge is 0.342 e. The van der Waals surface area contributed by atoms with Gasteiger partial charge in [-0.1, -0.05) is 60.7 Å². The molecular weight excluding hydrogens is 322 g/mol. The first-order valence-corrected chi connectivity index (χ1v) is 9.86. The molecule has 0 aliphatic carbocycles. The second-order valence-corrected chi connectivity index (χ2v) is 8.67. The molecule has 0 radical (unpaired) electrons. The Bertz CT molecular complexity index is 777. The maximum Gasteiger partial charge on any atom is 0.225 e. The fraction of sp³-hybridized carbons (Fsp3) is 0.316. The van der Waals surface area contributed by atoms with Gasteiger partial charge >= 0.3 is 0 Å². The van der Waals surface area contributed by atoms with E-state index in [1.54, 1.807) is 0 Å². The van der Waals surface area contributed by atoms with Crippen LogP contribution >= 0.6 is 0 Å². The quantitative estimate of drug-likeness (QED) is 0.928. The minimum atomic E-state index is -3.09. The van der Waals surface area contributed by atoms with Gasteiger partial charge in [0.25, 0.3) is 0 Å². The van der Waals surface area contributed by atoms with Crippen LogP contribution in [0.4, 0.5) is 0 Å². The predicted octanol–water partition coefficient (Wildman–Crippen LogP) is 2.50. The molecule has 0 bridgehead atoms. The van der Waals surface area contributed by atoms with Crippen LogP contribution in [0.2, 0.25) is 0 Å². The summed E-state index contributed by atoms with van der Waals surface area (Å²) in [6.07, 6.45) is 0.397. The molecule has 0 aromatic heterocycles. The third kappa shape index (κ3) is 3.36. The third-order valence-electron chi connectivity index (χ3n) is 4.68. The van der Waals surface area contributed by atoms with Crippen LogP contribution in [0, 0.1) is 5.92 Å². The van der Waals surface area contributed by atoms with E-state index >= 15 is 0 Å². The molecule has 1 heterocycles. The number of nitrogens with one attached hydrogen (secondary N) is 1. The Morgan fingerprint density at radius 2 is 1.50 bits per heavy atom. The smallest absolute Gasteiger partial charge is 0.225 e. The van der Waals surface area contributed by atoms with Crippen molar-refractivity contribution in [3.63, 3.8) is 0 Å². The highest BCUT2D eigenvalue weighted by molar-refractivity contribution is 7.91. The topological polar surface area (TPSA) is 63.2 Å². The van der Waals surface area contributed by atoms with E-state index in [2.05, 4.69) is 5.32 Å². The van der Waals surface area contributed by atoms with Gasteiger partial charge < -0.3 is 5.32 Å². The molecule has 1 aliphatic heterocycles. The average molecular weight is 343 g/mol. The van der Waals surface area contributed by atoms with Gasteiger partial charge in [0.05, 0.1) is 23.0 Å². The molecule has 0 spiro atoms. The summed E-state index contributed by atoms with van der Waals surface area (Å²) >= 11 is 0. The second-order valence-electron chi connectivity index (χ2n) is 6.45. The highest BCUT2D eigenvalue weighted by atomic mass is 32.2. The molecule has 0 saturated carbocycles. The van der Waals surface area contributed by atoms with Gasteiger partial charge in [-0.3, -0.25) is 4.79 Å². The molecule has 3 rings (SSSR count). The Balaban J connectivity index is 1.93. The number of hydrogen-bond acceptors (Lipinski definition) is 3. The van der Waals surface area contributed by atoms with Crippen molar-refractivity contribution in [2.45, 2.75) is 18.9 Å². The molecule has 2 aromatic rings. The van der Waals surface area contributed by atoms with Crippen molar-refractivity contribution in [2.75, 3.05) is 11.5 Å². The summed E-state index contributed by atoms with van der Waals surface area (Å²) in [6, 6.07) is 19.5. The summed E-state index contributed by atoms with van der Waals surface area (Å²) in [5, 5.41) is 3.10. The Hall–Kier alpha value is -2.14. The summed E-state index contributed by atoms with van der Waals surface area (Å²) in [7, 11) is -3.09. The van der Waals surface area contributed by atoms with Crippen LogP contribution in [0.25, 0.3) is 0 Å². The number of rotatable bonds is 4. The van der Waals surface area contributed by atoms with E-state index in [0.29, 0.717) is 6.42 Å². The van der Waals surface area contributed by atoms with E-state index in [9.17, 15) is 13.2 Å². The molecule has 1 N–H and O–H groups in total. The van der Waals surface area contributed by atoms with Crippen LogP contribution in [0.3, 0.4) is 0 Å². The normalized spacial score (nSPS) is 19.8. The number of carbonyl (C=O) groups excluding carboxylic acids is 1. The van der Waals surface area contributed by atoms with Crippen LogP contribution in [-0.4, -0.2) is 25.8 Å². The maximum atomic E-state index is 12.7. The van der Waals surface area contributed by atoms with Crippen molar-refractivity contribution in [2.24, 2.45) is 5.92 Å². The third-order valence-corrected chi connectivity index (χ3v) is 6.45. The van der Waals surface area contributed by atoms with Crippen molar-refractivity contribution in [3.05, 3.63) is 71.8 Å². The number of carbonyl (C=O) groups is 1. The van der Waals surface area contributed by atoms with Gasteiger partial charge in [0.1, 0.15) is 0 Å². The van der Waals surface area contributed by atoms with Crippen LogP contribution in [-0.2, 0) is 20.2 Å². The molecule has 4 nitrogen and oxygen atoms in total. The minimum Gasteiger partial charge on any atom is -0.342 e. The summed E-state index contributed by atoms with van der Waals surface area (Å²) < 4.78 is 23.3. The Morgan fingerprint density at radius 1 is 1.00 bits per heavy atom. The maximum absolute atomic E-state index is 12.7. The highest BCUT2D eigenvalue weighted by Gasteiger charge is 2.37. The molecule has 1 amide bonds. The minimum absolute atomic E-state index is 0.0571.